The van der Waals surface area contributed by atoms with Crippen LogP contribution in [0.1, 0.15) is 28.1 Å². The smallest absolute Gasteiger partial charge is 0.254 e. The molecule has 1 aromatic carbocycles. The first-order valence-corrected chi connectivity index (χ1v) is 9.29. The largest absolute Gasteiger partial charge is 0.467 e. The fourth-order valence-electron chi connectivity index (χ4n) is 3.23. The summed E-state index contributed by atoms with van der Waals surface area (Å²) in [4.78, 5) is 17.0. The molecule has 1 aliphatic rings. The van der Waals surface area contributed by atoms with Gasteiger partial charge in [-0.25, -0.2) is 0 Å². The third-order valence-electron chi connectivity index (χ3n) is 4.77. The Hall–Kier alpha value is -1.28. The zero-order valence-electron chi connectivity index (χ0n) is 16.4. The summed E-state index contributed by atoms with van der Waals surface area (Å²) in [6, 6.07) is 12.3. The third-order valence-corrected chi connectivity index (χ3v) is 4.77. The van der Waals surface area contributed by atoms with Crippen LogP contribution in [-0.2, 0) is 13.1 Å². The third kappa shape index (κ3) is 8.95. The molecule has 29 heavy (non-hydrogen) atoms. The molecule has 1 aliphatic heterocycles. The van der Waals surface area contributed by atoms with Crippen molar-refractivity contribution in [2.75, 3.05) is 39.3 Å². The molecule has 164 valence electrons. The van der Waals surface area contributed by atoms with Crippen LogP contribution in [0.25, 0.3) is 0 Å². The monoisotopic (exact) mass is 464 g/mol. The molecule has 0 atom stereocenters. The Kier molecular flexibility index (Phi) is 14.0. The van der Waals surface area contributed by atoms with E-state index >= 15 is 0 Å². The maximum Gasteiger partial charge on any atom is 0.254 e. The first-order chi connectivity index (χ1) is 12.7. The fourth-order valence-corrected chi connectivity index (χ4v) is 3.23. The molecule has 1 fully saturated rings. The van der Waals surface area contributed by atoms with Gasteiger partial charge in [0, 0.05) is 39.3 Å². The van der Waals surface area contributed by atoms with Gasteiger partial charge in [0.05, 0.1) is 12.1 Å². The van der Waals surface area contributed by atoms with Crippen LogP contribution in [0.15, 0.2) is 47.1 Å². The molecule has 3 N–H and O–H groups in total. The summed E-state index contributed by atoms with van der Waals surface area (Å²) in [7, 11) is 0. The average Bonchev–Trinajstić information content (AvgIpc) is 3.17. The average molecular weight is 466 g/mol. The number of furan rings is 1. The molecule has 0 radical (unpaired) electrons. The highest BCUT2D eigenvalue weighted by Gasteiger charge is 2.16. The summed E-state index contributed by atoms with van der Waals surface area (Å²) in [5.41, 5.74) is 7.40. The van der Waals surface area contributed by atoms with Crippen LogP contribution < -0.4 is 11.1 Å². The number of halogens is 3. The van der Waals surface area contributed by atoms with Gasteiger partial charge >= 0.3 is 0 Å². The highest BCUT2D eigenvalue weighted by atomic mass is 35.5. The number of rotatable bonds is 8. The molecule has 3 rings (SSSR count). The molecule has 2 heterocycles. The predicted molar refractivity (Wildman–Crippen MR) is 123 cm³/mol. The highest BCUT2D eigenvalue weighted by Crippen LogP contribution is 2.09. The normalized spacial score (nSPS) is 14.2. The zero-order valence-corrected chi connectivity index (χ0v) is 18.9. The minimum absolute atomic E-state index is 0. The molecule has 1 saturated heterocycles. The van der Waals surface area contributed by atoms with Crippen molar-refractivity contribution in [3.63, 3.8) is 0 Å². The zero-order chi connectivity index (χ0) is 18.2. The number of piperazine rings is 1. The Bertz CT molecular complexity index is 692. The summed E-state index contributed by atoms with van der Waals surface area (Å²) >= 11 is 0. The predicted octanol–water partition coefficient (Wildman–Crippen LogP) is 2.94. The van der Waals surface area contributed by atoms with Gasteiger partial charge in [0.2, 0.25) is 0 Å². The van der Waals surface area contributed by atoms with Gasteiger partial charge in [-0.05, 0) is 24.6 Å². The molecule has 0 bridgehead atoms. The molecule has 0 saturated carbocycles. The van der Waals surface area contributed by atoms with Crippen LogP contribution in [-0.4, -0.2) is 55.0 Å². The number of carbonyl (C=O) groups excluding carboxylic acids is 1. The van der Waals surface area contributed by atoms with E-state index in [0.29, 0.717) is 24.4 Å². The van der Waals surface area contributed by atoms with Crippen molar-refractivity contribution in [3.8, 4) is 0 Å². The number of nitrogens with two attached hydrogens (primary N) is 1. The maximum atomic E-state index is 12.0. The standard InChI is InChI=1S/C20H28N4O2.3ClH/c21-14-19-13-18(16-26-19)20(25)22-7-4-8-23-9-11-24(12-10-23)15-17-5-2-1-3-6-17;;;/h1-3,5-6,13,16H,4,7-12,14-15,21H2,(H,22,25);3*1H. The minimum Gasteiger partial charge on any atom is -0.467 e. The van der Waals surface area contributed by atoms with E-state index < -0.39 is 0 Å². The van der Waals surface area contributed by atoms with Crippen LogP contribution in [0.4, 0.5) is 0 Å². The molecule has 0 unspecified atom stereocenters. The van der Waals surface area contributed by atoms with E-state index in [1.807, 2.05) is 0 Å². The number of hydrogen-bond acceptors (Lipinski definition) is 5. The maximum absolute atomic E-state index is 12.0. The molecular formula is C20H31Cl3N4O2. The molecule has 6 nitrogen and oxygen atoms in total. The van der Waals surface area contributed by atoms with Crippen molar-refractivity contribution >= 4 is 43.1 Å². The van der Waals surface area contributed by atoms with E-state index in [9.17, 15) is 4.79 Å². The van der Waals surface area contributed by atoms with E-state index in [2.05, 4.69) is 45.4 Å². The molecule has 9 heteroatoms. The van der Waals surface area contributed by atoms with E-state index in [0.717, 1.165) is 45.7 Å². The molecular weight excluding hydrogens is 435 g/mol. The number of hydrogen-bond donors (Lipinski definition) is 2. The number of carbonyl (C=O) groups is 1. The first kappa shape index (κ1) is 27.7. The number of nitrogens with zero attached hydrogens (tertiary/aromatic N) is 2. The first-order valence-electron chi connectivity index (χ1n) is 9.29. The summed E-state index contributed by atoms with van der Waals surface area (Å²) in [6.45, 7) is 7.38. The quantitative estimate of drug-likeness (QED) is 0.586. The topological polar surface area (TPSA) is 74.7 Å². The molecule has 2 aromatic rings. The lowest BCUT2D eigenvalue weighted by Crippen LogP contribution is -2.46. The SMILES string of the molecule is Cl.Cl.Cl.NCc1cc(C(=O)NCCCN2CCN(Cc3ccccc3)CC2)co1. The number of benzene rings is 1. The van der Waals surface area contributed by atoms with E-state index in [-0.39, 0.29) is 43.1 Å². The van der Waals surface area contributed by atoms with Gasteiger partial charge in [0.1, 0.15) is 12.0 Å². The van der Waals surface area contributed by atoms with E-state index in [1.165, 1.54) is 11.8 Å². The molecule has 1 amide bonds. The Morgan fingerprint density at radius 3 is 2.31 bits per heavy atom. The van der Waals surface area contributed by atoms with E-state index in [1.54, 1.807) is 6.07 Å². The van der Waals surface area contributed by atoms with Crippen molar-refractivity contribution in [3.05, 3.63) is 59.5 Å². The Morgan fingerprint density at radius 2 is 1.69 bits per heavy atom. The molecule has 1 aromatic heterocycles. The Balaban J connectivity index is 0.00000261. The van der Waals surface area contributed by atoms with Gasteiger partial charge in [-0.1, -0.05) is 30.3 Å². The second-order valence-corrected chi connectivity index (χ2v) is 6.72. The van der Waals surface area contributed by atoms with Crippen molar-refractivity contribution in [1.29, 1.82) is 0 Å². The van der Waals surface area contributed by atoms with Crippen LogP contribution >= 0.6 is 37.2 Å². The van der Waals surface area contributed by atoms with Gasteiger partial charge in [0.15, 0.2) is 0 Å². The van der Waals surface area contributed by atoms with Gasteiger partial charge in [0.25, 0.3) is 5.91 Å². The molecule has 0 aliphatic carbocycles. The van der Waals surface area contributed by atoms with Crippen LogP contribution in [0, 0.1) is 0 Å². The summed E-state index contributed by atoms with van der Waals surface area (Å²) in [5.74, 6) is 0.532. The van der Waals surface area contributed by atoms with Gasteiger partial charge < -0.3 is 20.4 Å². The van der Waals surface area contributed by atoms with Crippen LogP contribution in [0.5, 0.6) is 0 Å². The fraction of sp³-hybridized carbons (Fsp3) is 0.450. The van der Waals surface area contributed by atoms with Crippen molar-refractivity contribution in [1.82, 2.24) is 15.1 Å². The second kappa shape index (κ2) is 14.7. The van der Waals surface area contributed by atoms with Gasteiger partial charge in [-0.2, -0.15) is 0 Å². The summed E-state index contributed by atoms with van der Waals surface area (Å²) in [6.07, 6.45) is 2.41. The van der Waals surface area contributed by atoms with Crippen molar-refractivity contribution in [2.24, 2.45) is 5.73 Å². The number of amides is 1. The summed E-state index contributed by atoms with van der Waals surface area (Å²) < 4.78 is 5.19. The lowest BCUT2D eigenvalue weighted by atomic mass is 10.2. The van der Waals surface area contributed by atoms with Gasteiger partial charge in [-0.3, -0.25) is 9.69 Å². The van der Waals surface area contributed by atoms with Gasteiger partial charge in [-0.15, -0.1) is 37.2 Å². The highest BCUT2D eigenvalue weighted by molar-refractivity contribution is 5.93. The Morgan fingerprint density at radius 1 is 1.03 bits per heavy atom. The lowest BCUT2D eigenvalue weighted by molar-refractivity contribution is 0.0946. The lowest BCUT2D eigenvalue weighted by Gasteiger charge is -2.34. The van der Waals surface area contributed by atoms with Crippen LogP contribution in [0.2, 0.25) is 0 Å². The summed E-state index contributed by atoms with van der Waals surface area (Å²) in [5, 5.41) is 2.94. The van der Waals surface area contributed by atoms with E-state index in [4.69, 9.17) is 10.2 Å². The van der Waals surface area contributed by atoms with Crippen LogP contribution in [0.3, 0.4) is 0 Å². The second-order valence-electron chi connectivity index (χ2n) is 6.72. The molecule has 0 spiro atoms. The minimum atomic E-state index is -0.0962. The van der Waals surface area contributed by atoms with Crippen molar-refractivity contribution < 1.29 is 9.21 Å². The number of nitrogens with one attached hydrogen (secondary N) is 1. The Labute approximate surface area is 191 Å². The van der Waals surface area contributed by atoms with Crippen molar-refractivity contribution in [2.45, 2.75) is 19.5 Å².